The molecule has 1 N–H and O–H groups in total. The third-order valence-corrected chi connectivity index (χ3v) is 3.74. The van der Waals surface area contributed by atoms with Crippen LogP contribution in [0.1, 0.15) is 45.4 Å². The third kappa shape index (κ3) is 2.54. The summed E-state index contributed by atoms with van der Waals surface area (Å²) in [6.45, 7) is 0.654. The summed E-state index contributed by atoms with van der Waals surface area (Å²) in [5, 5.41) is 9.02. The molecule has 1 aromatic heterocycles. The van der Waals surface area contributed by atoms with Gasteiger partial charge >= 0.3 is 5.97 Å². The van der Waals surface area contributed by atoms with Gasteiger partial charge in [0.05, 0.1) is 17.9 Å². The van der Waals surface area contributed by atoms with Crippen LogP contribution >= 0.6 is 0 Å². The lowest BCUT2D eigenvalue weighted by Crippen LogP contribution is -2.30. The number of carbonyl (C=O) groups is 2. The number of carboxylic acid groups (broad SMARTS) is 1. The highest BCUT2D eigenvalue weighted by atomic mass is 16.4. The summed E-state index contributed by atoms with van der Waals surface area (Å²) in [4.78, 5) is 25.4. The highest BCUT2D eigenvalue weighted by Gasteiger charge is 2.32. The van der Waals surface area contributed by atoms with E-state index in [4.69, 9.17) is 9.52 Å². The first-order valence-electron chi connectivity index (χ1n) is 6.84. The number of nitrogens with zero attached hydrogens (tertiary/aromatic N) is 1. The normalized spacial score (nSPS) is 17.9. The van der Waals surface area contributed by atoms with Crippen molar-refractivity contribution in [2.75, 3.05) is 6.54 Å². The Labute approximate surface area is 121 Å². The molecule has 5 heteroatoms. The highest BCUT2D eigenvalue weighted by Crippen LogP contribution is 2.33. The number of amides is 1. The Balaban J connectivity index is 1.87. The van der Waals surface area contributed by atoms with Crippen molar-refractivity contribution in [1.82, 2.24) is 4.90 Å². The van der Waals surface area contributed by atoms with E-state index in [2.05, 4.69) is 0 Å². The van der Waals surface area contributed by atoms with Crippen molar-refractivity contribution >= 4 is 11.9 Å². The second-order valence-electron chi connectivity index (χ2n) is 5.06. The highest BCUT2D eigenvalue weighted by molar-refractivity contribution is 5.97. The van der Waals surface area contributed by atoms with Gasteiger partial charge in [0.1, 0.15) is 5.76 Å². The predicted molar refractivity (Wildman–Crippen MR) is 75.1 cm³/mol. The molecular formula is C16H15NO4. The molecule has 1 aromatic carbocycles. The molecule has 3 rings (SSSR count). The number of furan rings is 1. The van der Waals surface area contributed by atoms with E-state index in [9.17, 15) is 9.59 Å². The van der Waals surface area contributed by atoms with Crippen molar-refractivity contribution in [3.05, 3.63) is 59.5 Å². The fourth-order valence-corrected chi connectivity index (χ4v) is 2.74. The monoisotopic (exact) mass is 285 g/mol. The van der Waals surface area contributed by atoms with Crippen LogP contribution in [-0.4, -0.2) is 28.4 Å². The number of likely N-dealkylation sites (tertiary alicyclic amines) is 1. The Morgan fingerprint density at radius 2 is 2.00 bits per heavy atom. The molecule has 0 radical (unpaired) electrons. The average Bonchev–Trinajstić information content (AvgIpc) is 3.17. The maximum Gasteiger partial charge on any atom is 0.335 e. The van der Waals surface area contributed by atoms with Gasteiger partial charge in [0, 0.05) is 12.1 Å². The van der Waals surface area contributed by atoms with Crippen molar-refractivity contribution in [2.45, 2.75) is 18.9 Å². The number of hydrogen-bond acceptors (Lipinski definition) is 3. The zero-order chi connectivity index (χ0) is 14.8. The molecule has 108 valence electrons. The van der Waals surface area contributed by atoms with Crippen LogP contribution in [-0.2, 0) is 0 Å². The smallest absolute Gasteiger partial charge is 0.335 e. The summed E-state index contributed by atoms with van der Waals surface area (Å²) in [5.41, 5.74) is 0.517. The van der Waals surface area contributed by atoms with Crippen LogP contribution in [0.2, 0.25) is 0 Å². The van der Waals surface area contributed by atoms with Gasteiger partial charge in [-0.05, 0) is 43.2 Å². The summed E-state index contributed by atoms with van der Waals surface area (Å²) in [6.07, 6.45) is 3.37. The van der Waals surface area contributed by atoms with Crippen molar-refractivity contribution in [3.8, 4) is 0 Å². The summed E-state index contributed by atoms with van der Waals surface area (Å²) >= 11 is 0. The Morgan fingerprint density at radius 3 is 2.71 bits per heavy atom. The zero-order valence-corrected chi connectivity index (χ0v) is 11.4. The Kier molecular flexibility index (Phi) is 3.48. The van der Waals surface area contributed by atoms with Crippen molar-refractivity contribution in [3.63, 3.8) is 0 Å². The second kappa shape index (κ2) is 5.44. The number of benzene rings is 1. The molecule has 1 fully saturated rings. The van der Waals surface area contributed by atoms with Gasteiger partial charge in [0.25, 0.3) is 5.91 Å². The first-order valence-corrected chi connectivity index (χ1v) is 6.84. The Bertz CT molecular complexity index is 663. The molecule has 2 heterocycles. The van der Waals surface area contributed by atoms with E-state index in [-0.39, 0.29) is 17.5 Å². The molecule has 0 spiro atoms. The van der Waals surface area contributed by atoms with Crippen LogP contribution in [0.5, 0.6) is 0 Å². The SMILES string of the molecule is O=C(O)c1cccc(C(=O)N2CCCC2c2ccco2)c1. The van der Waals surface area contributed by atoms with Gasteiger partial charge in [-0.15, -0.1) is 0 Å². The van der Waals surface area contributed by atoms with Gasteiger partial charge in [0.2, 0.25) is 0 Å². The number of carboxylic acids is 1. The minimum absolute atomic E-state index is 0.0685. The fraction of sp³-hybridized carbons (Fsp3) is 0.250. The molecule has 1 atom stereocenters. The summed E-state index contributed by atoms with van der Waals surface area (Å²) in [7, 11) is 0. The van der Waals surface area contributed by atoms with Crippen molar-refractivity contribution in [2.24, 2.45) is 0 Å². The van der Waals surface area contributed by atoms with E-state index in [0.717, 1.165) is 18.6 Å². The van der Waals surface area contributed by atoms with Gasteiger partial charge < -0.3 is 14.4 Å². The van der Waals surface area contributed by atoms with Crippen molar-refractivity contribution < 1.29 is 19.1 Å². The van der Waals surface area contributed by atoms with Crippen LogP contribution in [0.4, 0.5) is 0 Å². The second-order valence-corrected chi connectivity index (χ2v) is 5.06. The molecule has 0 bridgehead atoms. The maximum absolute atomic E-state index is 12.6. The van der Waals surface area contributed by atoms with E-state index in [1.807, 2.05) is 6.07 Å². The van der Waals surface area contributed by atoms with E-state index in [1.54, 1.807) is 29.4 Å². The number of carbonyl (C=O) groups excluding carboxylic acids is 1. The molecular weight excluding hydrogens is 270 g/mol. The average molecular weight is 285 g/mol. The largest absolute Gasteiger partial charge is 0.478 e. The Morgan fingerprint density at radius 1 is 1.19 bits per heavy atom. The lowest BCUT2D eigenvalue weighted by molar-refractivity contribution is 0.0697. The molecule has 1 aliphatic heterocycles. The maximum atomic E-state index is 12.6. The molecule has 1 aliphatic rings. The van der Waals surface area contributed by atoms with Crippen LogP contribution in [0.15, 0.2) is 47.1 Å². The molecule has 1 amide bonds. The van der Waals surface area contributed by atoms with Crippen LogP contribution < -0.4 is 0 Å². The minimum atomic E-state index is -1.03. The molecule has 1 unspecified atom stereocenters. The first-order chi connectivity index (χ1) is 10.2. The fourth-order valence-electron chi connectivity index (χ4n) is 2.74. The number of rotatable bonds is 3. The number of aromatic carboxylic acids is 1. The van der Waals surface area contributed by atoms with Crippen LogP contribution in [0.3, 0.4) is 0 Å². The summed E-state index contributed by atoms with van der Waals surface area (Å²) in [5.74, 6) is -0.416. The third-order valence-electron chi connectivity index (χ3n) is 3.74. The molecule has 0 aliphatic carbocycles. The lowest BCUT2D eigenvalue weighted by atomic mass is 10.1. The predicted octanol–water partition coefficient (Wildman–Crippen LogP) is 2.96. The molecule has 2 aromatic rings. The molecule has 0 saturated carbocycles. The molecule has 5 nitrogen and oxygen atoms in total. The first kappa shape index (κ1) is 13.4. The summed E-state index contributed by atoms with van der Waals surface area (Å²) in [6, 6.07) is 9.74. The minimum Gasteiger partial charge on any atom is -0.478 e. The van der Waals surface area contributed by atoms with E-state index in [0.29, 0.717) is 12.1 Å². The van der Waals surface area contributed by atoms with E-state index >= 15 is 0 Å². The molecule has 21 heavy (non-hydrogen) atoms. The van der Waals surface area contributed by atoms with Crippen LogP contribution in [0.25, 0.3) is 0 Å². The van der Waals surface area contributed by atoms with Gasteiger partial charge in [-0.3, -0.25) is 4.79 Å². The van der Waals surface area contributed by atoms with Gasteiger partial charge in [0.15, 0.2) is 0 Å². The Hall–Kier alpha value is -2.56. The van der Waals surface area contributed by atoms with E-state index < -0.39 is 5.97 Å². The van der Waals surface area contributed by atoms with Crippen LogP contribution in [0, 0.1) is 0 Å². The summed E-state index contributed by atoms with van der Waals surface area (Å²) < 4.78 is 5.41. The molecule has 1 saturated heterocycles. The topological polar surface area (TPSA) is 70.8 Å². The van der Waals surface area contributed by atoms with Gasteiger partial charge in [-0.2, -0.15) is 0 Å². The quantitative estimate of drug-likeness (QED) is 0.941. The zero-order valence-electron chi connectivity index (χ0n) is 11.4. The van der Waals surface area contributed by atoms with Gasteiger partial charge in [-0.1, -0.05) is 6.07 Å². The number of hydrogen-bond donors (Lipinski definition) is 1. The lowest BCUT2D eigenvalue weighted by Gasteiger charge is -2.23. The van der Waals surface area contributed by atoms with E-state index in [1.165, 1.54) is 12.1 Å². The van der Waals surface area contributed by atoms with Crippen molar-refractivity contribution in [1.29, 1.82) is 0 Å². The standard InChI is InChI=1S/C16H15NO4/c18-15(11-4-1-5-12(10-11)16(19)20)17-8-2-6-13(17)14-7-3-9-21-14/h1,3-5,7,9-10,13H,2,6,8H2,(H,19,20). The van der Waals surface area contributed by atoms with Gasteiger partial charge in [-0.25, -0.2) is 4.79 Å².